The fraction of sp³-hybridized carbons (Fsp3) is 0.348. The van der Waals surface area contributed by atoms with Gasteiger partial charge in [0.2, 0.25) is 0 Å². The number of piperazine rings is 1. The van der Waals surface area contributed by atoms with Gasteiger partial charge in [-0.1, -0.05) is 30.1 Å². The van der Waals surface area contributed by atoms with Crippen LogP contribution in [-0.2, 0) is 4.74 Å². The smallest absolute Gasteiger partial charge is 0.341 e. The van der Waals surface area contributed by atoms with E-state index in [1.807, 2.05) is 16.7 Å². The number of hydrogen-bond donors (Lipinski definition) is 2. The van der Waals surface area contributed by atoms with Gasteiger partial charge in [-0.15, -0.1) is 0 Å². The highest BCUT2D eigenvalue weighted by molar-refractivity contribution is 6.40. The summed E-state index contributed by atoms with van der Waals surface area (Å²) in [5, 5.41) is 13.7. The molecule has 1 aromatic carbocycles. The quantitative estimate of drug-likeness (QED) is 0.482. The van der Waals surface area contributed by atoms with Gasteiger partial charge in [-0.3, -0.25) is 14.7 Å². The second-order valence-corrected chi connectivity index (χ2v) is 8.64. The molecular formula is C23H24Cl2N4O5. The van der Waals surface area contributed by atoms with Gasteiger partial charge in [0.05, 0.1) is 28.4 Å². The molecule has 1 fully saturated rings. The van der Waals surface area contributed by atoms with E-state index in [-0.39, 0.29) is 32.4 Å². The Morgan fingerprint density at radius 2 is 1.82 bits per heavy atom. The number of aliphatic hydroxyl groups is 1. The van der Waals surface area contributed by atoms with Crippen LogP contribution in [0, 0.1) is 0 Å². The van der Waals surface area contributed by atoms with Crippen molar-refractivity contribution in [2.24, 2.45) is 0 Å². The molecule has 4 rings (SSSR count). The first-order valence-corrected chi connectivity index (χ1v) is 11.5. The number of pyridine rings is 1. The number of nitrogens with one attached hydrogen (secondary N) is 1. The van der Waals surface area contributed by atoms with Crippen LogP contribution in [0.3, 0.4) is 0 Å². The van der Waals surface area contributed by atoms with Crippen LogP contribution in [0.5, 0.6) is 0 Å². The van der Waals surface area contributed by atoms with Crippen molar-refractivity contribution < 1.29 is 23.8 Å². The average Bonchev–Trinajstić information content (AvgIpc) is 3.30. The molecule has 11 heteroatoms. The molecule has 1 aliphatic rings. The van der Waals surface area contributed by atoms with Crippen LogP contribution >= 0.6 is 23.2 Å². The molecule has 0 saturated carbocycles. The molecule has 2 aromatic heterocycles. The Morgan fingerprint density at radius 1 is 1.18 bits per heavy atom. The first-order chi connectivity index (χ1) is 16.3. The van der Waals surface area contributed by atoms with Gasteiger partial charge < -0.3 is 24.5 Å². The van der Waals surface area contributed by atoms with Crippen LogP contribution in [0.15, 0.2) is 35.0 Å². The van der Waals surface area contributed by atoms with E-state index in [1.165, 1.54) is 31.6 Å². The summed E-state index contributed by atoms with van der Waals surface area (Å²) in [6, 6.07) is 4.75. The van der Waals surface area contributed by atoms with Gasteiger partial charge in [0.15, 0.2) is 11.5 Å². The van der Waals surface area contributed by atoms with Gasteiger partial charge in [0, 0.05) is 50.0 Å². The Hall–Kier alpha value is -2.85. The van der Waals surface area contributed by atoms with Gasteiger partial charge in [-0.25, -0.2) is 4.79 Å². The van der Waals surface area contributed by atoms with Crippen LogP contribution in [0.25, 0.3) is 11.0 Å². The van der Waals surface area contributed by atoms with Crippen molar-refractivity contribution in [2.45, 2.75) is 19.6 Å². The normalized spacial score (nSPS) is 15.4. The van der Waals surface area contributed by atoms with Gasteiger partial charge in [-0.2, -0.15) is 0 Å². The molecule has 0 aliphatic carbocycles. The van der Waals surface area contributed by atoms with Crippen LogP contribution < -0.4 is 10.2 Å². The second-order valence-electron chi connectivity index (χ2n) is 7.82. The second kappa shape index (κ2) is 10.2. The Bertz CT molecular complexity index is 1200. The zero-order chi connectivity index (χ0) is 24.4. The highest BCUT2D eigenvalue weighted by Gasteiger charge is 2.26. The lowest BCUT2D eigenvalue weighted by Gasteiger charge is -2.36. The third kappa shape index (κ3) is 4.69. The number of furan rings is 1. The highest BCUT2D eigenvalue weighted by Crippen LogP contribution is 2.34. The summed E-state index contributed by atoms with van der Waals surface area (Å²) in [6.07, 6.45) is 2.93. The van der Waals surface area contributed by atoms with E-state index in [1.54, 1.807) is 6.07 Å². The van der Waals surface area contributed by atoms with Crippen molar-refractivity contribution in [2.75, 3.05) is 43.5 Å². The number of aromatic nitrogens is 1. The summed E-state index contributed by atoms with van der Waals surface area (Å²) in [6.45, 7) is 4.48. The third-order valence-electron chi connectivity index (χ3n) is 5.82. The molecule has 3 heterocycles. The molecule has 3 aromatic rings. The molecule has 0 bridgehead atoms. The first-order valence-electron chi connectivity index (χ1n) is 10.8. The van der Waals surface area contributed by atoms with E-state index in [2.05, 4.69) is 10.3 Å². The number of benzene rings is 1. The summed E-state index contributed by atoms with van der Waals surface area (Å²) < 4.78 is 11.0. The van der Waals surface area contributed by atoms with Crippen molar-refractivity contribution in [3.63, 3.8) is 0 Å². The van der Waals surface area contributed by atoms with Crippen LogP contribution in [0.2, 0.25) is 10.0 Å². The van der Waals surface area contributed by atoms with E-state index in [4.69, 9.17) is 32.4 Å². The summed E-state index contributed by atoms with van der Waals surface area (Å²) in [5.41, 5.74) is 0.974. The number of halogens is 2. The molecule has 1 aliphatic heterocycles. The number of anilines is 2. The number of nitrogens with zero attached hydrogens (tertiary/aromatic N) is 3. The fourth-order valence-corrected chi connectivity index (χ4v) is 4.40. The van der Waals surface area contributed by atoms with Crippen LogP contribution in [-0.4, -0.2) is 66.4 Å². The highest BCUT2D eigenvalue weighted by atomic mass is 35.5. The van der Waals surface area contributed by atoms with Gasteiger partial charge in [0.1, 0.15) is 11.8 Å². The van der Waals surface area contributed by atoms with Crippen molar-refractivity contribution in [1.82, 2.24) is 9.88 Å². The molecule has 1 unspecified atom stereocenters. The lowest BCUT2D eigenvalue weighted by atomic mass is 10.1. The number of rotatable bonds is 6. The van der Waals surface area contributed by atoms with Crippen molar-refractivity contribution in [3.05, 3.63) is 51.8 Å². The van der Waals surface area contributed by atoms with Crippen LogP contribution in [0.4, 0.5) is 11.6 Å². The SMILES string of the molecule is CCC(O)N1CCN(c2cc3c(C(=O)Nc4c(Cl)cncc4Cl)ccc(C(=O)OC)c3o2)CC1. The summed E-state index contributed by atoms with van der Waals surface area (Å²) in [5.74, 6) is -0.528. The maximum Gasteiger partial charge on any atom is 0.341 e. The van der Waals surface area contributed by atoms with Crippen molar-refractivity contribution in [3.8, 4) is 0 Å². The number of methoxy groups -OCH3 is 1. The number of esters is 1. The van der Waals surface area contributed by atoms with E-state index < -0.39 is 18.1 Å². The number of amides is 1. The number of aliphatic hydroxyl groups excluding tert-OH is 1. The molecular weight excluding hydrogens is 483 g/mol. The largest absolute Gasteiger partial charge is 0.465 e. The standard InChI is InChI=1S/C23H24Cl2N4O5/c1-3-18(30)28-6-8-29(9-7-28)19-10-15-13(4-5-14(21(15)34-19)23(32)33-2)22(31)27-20-16(24)11-26-12-17(20)25/h4-5,10-12,18,30H,3,6-9H2,1-2H3,(H,26,27,31). The third-order valence-corrected chi connectivity index (χ3v) is 6.40. The van der Waals surface area contributed by atoms with E-state index >= 15 is 0 Å². The maximum absolute atomic E-state index is 13.2. The van der Waals surface area contributed by atoms with Crippen molar-refractivity contribution in [1.29, 1.82) is 0 Å². The molecule has 1 atom stereocenters. The molecule has 180 valence electrons. The van der Waals surface area contributed by atoms with Crippen molar-refractivity contribution >= 4 is 57.6 Å². The van der Waals surface area contributed by atoms with Gasteiger partial charge in [-0.05, 0) is 18.6 Å². The van der Waals surface area contributed by atoms with E-state index in [0.717, 1.165) is 0 Å². The topological polar surface area (TPSA) is 108 Å². The monoisotopic (exact) mass is 506 g/mol. The zero-order valence-electron chi connectivity index (χ0n) is 18.7. The number of carbonyl (C=O) groups excluding carboxylic acids is 2. The Balaban J connectivity index is 1.69. The Kier molecular flexibility index (Phi) is 7.27. The molecule has 2 N–H and O–H groups in total. The van der Waals surface area contributed by atoms with E-state index in [0.29, 0.717) is 43.9 Å². The minimum Gasteiger partial charge on any atom is -0.465 e. The summed E-state index contributed by atoms with van der Waals surface area (Å²) >= 11 is 12.3. The lowest BCUT2D eigenvalue weighted by molar-refractivity contribution is -0.00228. The molecule has 1 saturated heterocycles. The Labute approximate surface area is 206 Å². The number of ether oxygens (including phenoxy) is 1. The minimum absolute atomic E-state index is 0.197. The number of carbonyl (C=O) groups is 2. The molecule has 0 radical (unpaired) electrons. The van der Waals surface area contributed by atoms with Crippen LogP contribution in [0.1, 0.15) is 34.1 Å². The summed E-state index contributed by atoms with van der Waals surface area (Å²) in [7, 11) is 1.28. The minimum atomic E-state index is -0.575. The molecule has 1 amide bonds. The summed E-state index contributed by atoms with van der Waals surface area (Å²) in [4.78, 5) is 33.4. The fourth-order valence-electron chi connectivity index (χ4n) is 3.94. The lowest BCUT2D eigenvalue weighted by Crippen LogP contribution is -2.50. The zero-order valence-corrected chi connectivity index (χ0v) is 20.2. The molecule has 0 spiro atoms. The predicted molar refractivity (Wildman–Crippen MR) is 130 cm³/mol. The average molecular weight is 507 g/mol. The van der Waals surface area contributed by atoms with Gasteiger partial charge in [0.25, 0.3) is 5.91 Å². The maximum atomic E-state index is 13.2. The number of fused-ring (bicyclic) bond motifs is 1. The molecule has 34 heavy (non-hydrogen) atoms. The molecule has 9 nitrogen and oxygen atoms in total. The van der Waals surface area contributed by atoms with E-state index in [9.17, 15) is 14.7 Å². The first kappa shape index (κ1) is 24.3. The van der Waals surface area contributed by atoms with Gasteiger partial charge >= 0.3 is 5.97 Å². The Morgan fingerprint density at radius 3 is 2.44 bits per heavy atom. The predicted octanol–water partition coefficient (Wildman–Crippen LogP) is 4.02. The number of hydrogen-bond acceptors (Lipinski definition) is 8.